The molecular weight excluding hydrogens is 184 g/mol. The summed E-state index contributed by atoms with van der Waals surface area (Å²) in [4.78, 5) is 17.9. The second kappa shape index (κ2) is 2.68. The van der Waals surface area contributed by atoms with Crippen molar-refractivity contribution < 1.29 is 4.79 Å². The minimum Gasteiger partial charge on any atom is -0.279 e. The van der Waals surface area contributed by atoms with E-state index in [1.54, 1.807) is 0 Å². The van der Waals surface area contributed by atoms with Crippen LogP contribution >= 0.6 is 15.9 Å². The maximum Gasteiger partial charge on any atom is 0.247 e. The fourth-order valence-electron chi connectivity index (χ4n) is 0.401. The van der Waals surface area contributed by atoms with Crippen molar-refractivity contribution in [2.24, 2.45) is 0 Å². The van der Waals surface area contributed by atoms with Crippen LogP contribution in [-0.4, -0.2) is 14.7 Å². The molecule has 1 heterocycles. The van der Waals surface area contributed by atoms with Gasteiger partial charge in [-0.1, -0.05) is 0 Å². The molecule has 3 nitrogen and oxygen atoms in total. The molecule has 46 valence electrons. The van der Waals surface area contributed by atoms with Crippen LogP contribution in [-0.2, 0) is 0 Å². The van der Waals surface area contributed by atoms with Crippen molar-refractivity contribution in [1.29, 1.82) is 0 Å². The van der Waals surface area contributed by atoms with E-state index in [9.17, 15) is 4.79 Å². The average Bonchev–Trinajstić information content (AvgIpc) is 1.90. The lowest BCUT2D eigenvalue weighted by molar-refractivity contribution is 0.109. The summed E-state index contributed by atoms with van der Waals surface area (Å²) in [6.45, 7) is 0. The van der Waals surface area contributed by atoms with Gasteiger partial charge < -0.3 is 0 Å². The topological polar surface area (TPSA) is 42.9 Å². The Hall–Kier alpha value is -0.770. The van der Waals surface area contributed by atoms with Gasteiger partial charge in [0.15, 0.2) is 0 Å². The molecule has 1 aromatic heterocycles. The summed E-state index contributed by atoms with van der Waals surface area (Å²) in [7, 11) is 0. The molecule has 0 aliphatic heterocycles. The molecule has 0 aromatic carbocycles. The Morgan fingerprint density at radius 2 is 2.33 bits per heavy atom. The summed E-state index contributed by atoms with van der Waals surface area (Å²) in [6.07, 6.45) is 4.38. The second-order valence-electron chi connectivity index (χ2n) is 1.36. The first-order valence-corrected chi connectivity index (χ1v) is 3.06. The fraction of sp³-hybridized carbons (Fsp3) is 0. The largest absolute Gasteiger partial charge is 0.279 e. The maximum absolute atomic E-state index is 10.5. The van der Waals surface area contributed by atoms with Gasteiger partial charge in [0, 0.05) is 12.4 Å². The third-order valence-electron chi connectivity index (χ3n) is 0.765. The summed E-state index contributed by atoms with van der Waals surface area (Å²) in [5.41, 5.74) is 0.331. The van der Waals surface area contributed by atoms with Gasteiger partial charge in [-0.2, -0.15) is 0 Å². The van der Waals surface area contributed by atoms with E-state index in [0.29, 0.717) is 5.69 Å². The molecule has 0 saturated carbocycles. The molecule has 0 unspecified atom stereocenters. The Bertz CT molecular complexity index is 211. The first-order valence-electron chi connectivity index (χ1n) is 2.26. The molecule has 1 aromatic rings. The van der Waals surface area contributed by atoms with Crippen LogP contribution in [0.1, 0.15) is 10.5 Å². The monoisotopic (exact) mass is 186 g/mol. The number of hydrogen-bond acceptors (Lipinski definition) is 3. The third-order valence-corrected chi connectivity index (χ3v) is 1.17. The van der Waals surface area contributed by atoms with E-state index in [4.69, 9.17) is 0 Å². The number of aromatic nitrogens is 2. The van der Waals surface area contributed by atoms with E-state index in [2.05, 4.69) is 25.9 Å². The predicted molar refractivity (Wildman–Crippen MR) is 35.3 cm³/mol. The van der Waals surface area contributed by atoms with Gasteiger partial charge in [0.05, 0.1) is 6.20 Å². The Morgan fingerprint density at radius 3 is 2.67 bits per heavy atom. The minimum absolute atomic E-state index is 0.240. The number of hydrogen-bond donors (Lipinski definition) is 0. The van der Waals surface area contributed by atoms with E-state index < -0.39 is 0 Å². The second-order valence-corrected chi connectivity index (χ2v) is 2.08. The van der Waals surface area contributed by atoms with Gasteiger partial charge in [0.25, 0.3) is 0 Å². The summed E-state index contributed by atoms with van der Waals surface area (Å²) < 4.78 is -0.240. The molecule has 0 bridgehead atoms. The van der Waals surface area contributed by atoms with Crippen LogP contribution < -0.4 is 0 Å². The van der Waals surface area contributed by atoms with Crippen molar-refractivity contribution in [3.63, 3.8) is 0 Å². The molecule has 0 fully saturated rings. The van der Waals surface area contributed by atoms with E-state index >= 15 is 0 Å². The third kappa shape index (κ3) is 1.57. The highest BCUT2D eigenvalue weighted by atomic mass is 79.9. The Kier molecular flexibility index (Phi) is 1.89. The smallest absolute Gasteiger partial charge is 0.247 e. The zero-order chi connectivity index (χ0) is 6.69. The standard InChI is InChI=1S/C5H3BrN2O/c6-5(9)4-3-7-1-2-8-4/h1-3H. The molecule has 9 heavy (non-hydrogen) atoms. The molecule has 4 heteroatoms. The first-order chi connectivity index (χ1) is 4.30. The number of nitrogens with zero attached hydrogens (tertiary/aromatic N) is 2. The fourth-order valence-corrected chi connectivity index (χ4v) is 0.605. The zero-order valence-electron chi connectivity index (χ0n) is 4.41. The van der Waals surface area contributed by atoms with Gasteiger partial charge in [-0.05, 0) is 15.9 Å². The highest BCUT2D eigenvalue weighted by molar-refractivity contribution is 9.18. The van der Waals surface area contributed by atoms with Crippen LogP contribution in [0.25, 0.3) is 0 Å². The molecule has 0 spiro atoms. The van der Waals surface area contributed by atoms with Gasteiger partial charge in [-0.25, -0.2) is 4.98 Å². The van der Waals surface area contributed by atoms with E-state index in [1.165, 1.54) is 18.6 Å². The van der Waals surface area contributed by atoms with Crippen LogP contribution in [0.2, 0.25) is 0 Å². The zero-order valence-corrected chi connectivity index (χ0v) is 6.00. The molecule has 0 radical (unpaired) electrons. The Morgan fingerprint density at radius 1 is 1.56 bits per heavy atom. The van der Waals surface area contributed by atoms with Gasteiger partial charge in [0.1, 0.15) is 5.69 Å². The van der Waals surface area contributed by atoms with Gasteiger partial charge in [0.2, 0.25) is 4.69 Å². The molecule has 0 N–H and O–H groups in total. The Balaban J connectivity index is 2.98. The van der Waals surface area contributed by atoms with E-state index in [1.807, 2.05) is 0 Å². The van der Waals surface area contributed by atoms with Crippen molar-refractivity contribution in [2.75, 3.05) is 0 Å². The SMILES string of the molecule is O=C(Br)c1cnccn1. The van der Waals surface area contributed by atoms with Gasteiger partial charge in [-0.15, -0.1) is 0 Å². The normalized spacial score (nSPS) is 9.00. The van der Waals surface area contributed by atoms with Gasteiger partial charge in [-0.3, -0.25) is 9.78 Å². The van der Waals surface area contributed by atoms with E-state index in [0.717, 1.165) is 0 Å². The number of carbonyl (C=O) groups is 1. The van der Waals surface area contributed by atoms with Crippen molar-refractivity contribution in [1.82, 2.24) is 9.97 Å². The summed E-state index contributed by atoms with van der Waals surface area (Å²) in [6, 6.07) is 0. The van der Waals surface area contributed by atoms with Crippen LogP contribution in [0.3, 0.4) is 0 Å². The first kappa shape index (κ1) is 6.35. The lowest BCUT2D eigenvalue weighted by Gasteiger charge is -1.86. The lowest BCUT2D eigenvalue weighted by atomic mass is 10.5. The number of halogens is 1. The average molecular weight is 187 g/mol. The molecule has 0 aliphatic carbocycles. The van der Waals surface area contributed by atoms with Crippen molar-refractivity contribution in [3.8, 4) is 0 Å². The van der Waals surface area contributed by atoms with Gasteiger partial charge >= 0.3 is 0 Å². The highest BCUT2D eigenvalue weighted by Crippen LogP contribution is 1.96. The summed E-state index contributed by atoms with van der Waals surface area (Å²) >= 11 is 2.74. The molecule has 0 saturated heterocycles. The quantitative estimate of drug-likeness (QED) is 0.616. The van der Waals surface area contributed by atoms with Crippen LogP contribution in [0.5, 0.6) is 0 Å². The maximum atomic E-state index is 10.5. The van der Waals surface area contributed by atoms with Crippen molar-refractivity contribution >= 4 is 20.6 Å². The summed E-state index contributed by atoms with van der Waals surface area (Å²) in [5.74, 6) is 0. The highest BCUT2D eigenvalue weighted by Gasteiger charge is 1.98. The summed E-state index contributed by atoms with van der Waals surface area (Å²) in [5, 5.41) is 0. The molecular formula is C5H3BrN2O. The number of rotatable bonds is 1. The Labute approximate surface area is 60.3 Å². The molecule has 0 atom stereocenters. The molecule has 0 amide bonds. The van der Waals surface area contributed by atoms with Crippen molar-refractivity contribution in [3.05, 3.63) is 24.3 Å². The van der Waals surface area contributed by atoms with Crippen LogP contribution in [0.15, 0.2) is 18.6 Å². The van der Waals surface area contributed by atoms with Crippen LogP contribution in [0.4, 0.5) is 0 Å². The minimum atomic E-state index is -0.240. The lowest BCUT2D eigenvalue weighted by Crippen LogP contribution is -1.91. The number of carbonyl (C=O) groups excluding carboxylic acids is 1. The predicted octanol–water partition coefficient (Wildman–Crippen LogP) is 1.01. The van der Waals surface area contributed by atoms with Crippen LogP contribution in [0, 0.1) is 0 Å². The van der Waals surface area contributed by atoms with E-state index in [-0.39, 0.29) is 4.69 Å². The molecule has 1 rings (SSSR count). The molecule has 0 aliphatic rings. The van der Waals surface area contributed by atoms with Crippen molar-refractivity contribution in [2.45, 2.75) is 0 Å².